The highest BCUT2D eigenvalue weighted by molar-refractivity contribution is 7.46. The molecular weight excluding hydrogens is 713 g/mol. The van der Waals surface area contributed by atoms with Crippen LogP contribution in [0.4, 0.5) is 0 Å². The van der Waals surface area contributed by atoms with Gasteiger partial charge in [-0.2, -0.15) is 0 Å². The van der Waals surface area contributed by atoms with Gasteiger partial charge < -0.3 is 45.2 Å². The maximum atomic E-state index is 13.8. The molecule has 1 aliphatic heterocycles. The normalized spacial score (nSPS) is 21.4. The largest absolute Gasteiger partial charge is 0.524 e. The second-order valence-corrected chi connectivity index (χ2v) is 13.0. The zero-order valence-corrected chi connectivity index (χ0v) is 28.3. The van der Waals surface area contributed by atoms with E-state index in [0.29, 0.717) is 11.1 Å². The first-order valence-corrected chi connectivity index (χ1v) is 17.1. The molecule has 0 spiro atoms. The summed E-state index contributed by atoms with van der Waals surface area (Å²) in [6.45, 7) is 0.113. The van der Waals surface area contributed by atoms with E-state index in [1.54, 1.807) is 30.3 Å². The fraction of sp³-hybridized carbons (Fsp3) is 0.387. The zero-order chi connectivity index (χ0) is 38.2. The maximum absolute atomic E-state index is 13.8. The first kappa shape index (κ1) is 40.0. The van der Waals surface area contributed by atoms with Gasteiger partial charge in [-0.05, 0) is 30.2 Å². The van der Waals surface area contributed by atoms with Crippen LogP contribution in [0.5, 0.6) is 5.75 Å². The summed E-state index contributed by atoms with van der Waals surface area (Å²) >= 11 is 0. The van der Waals surface area contributed by atoms with Crippen molar-refractivity contribution in [2.75, 3.05) is 6.61 Å². The maximum Gasteiger partial charge on any atom is 0.524 e. The summed E-state index contributed by atoms with van der Waals surface area (Å²) in [5, 5.41) is 45.2. The Labute approximate surface area is 294 Å². The summed E-state index contributed by atoms with van der Waals surface area (Å²) in [7, 11) is -4.88. The smallest absolute Gasteiger partial charge is 0.404 e. The lowest BCUT2D eigenvalue weighted by Crippen LogP contribution is -2.64. The SMILES string of the molecule is Cc1cn(CC(=O)N[C@H](Cc2ccccc2)C(=O)NC(Cc2ccc(OP(=O)(O)O)cc2)C(=O)ON[C@@H]2[C@@H](O)[C@H](O)[C@@H](CO)O[C@H]2O)c(=O)[nH]c1=O. The molecule has 0 bridgehead atoms. The van der Waals surface area contributed by atoms with Crippen molar-refractivity contribution in [3.05, 3.63) is 98.3 Å². The number of carbonyl (C=O) groups is 3. The van der Waals surface area contributed by atoms with E-state index in [2.05, 4.69) is 25.6 Å². The van der Waals surface area contributed by atoms with Crippen LogP contribution in [0.25, 0.3) is 0 Å². The van der Waals surface area contributed by atoms with Gasteiger partial charge in [0.05, 0.1) is 6.61 Å². The Morgan fingerprint density at radius 1 is 0.942 bits per heavy atom. The molecule has 2 heterocycles. The lowest BCUT2D eigenvalue weighted by molar-refractivity contribution is -0.268. The molecule has 0 radical (unpaired) electrons. The van der Waals surface area contributed by atoms with Crippen LogP contribution in [0.1, 0.15) is 16.7 Å². The number of aliphatic hydroxyl groups excluding tert-OH is 4. The topological polar surface area (TPSA) is 308 Å². The third-order valence-corrected chi connectivity index (χ3v) is 8.27. The highest BCUT2D eigenvalue weighted by Gasteiger charge is 2.44. The van der Waals surface area contributed by atoms with E-state index in [1.165, 1.54) is 37.4 Å². The molecule has 1 fully saturated rings. The number of aromatic amines is 1. The van der Waals surface area contributed by atoms with E-state index in [0.717, 1.165) is 4.57 Å². The van der Waals surface area contributed by atoms with Crippen LogP contribution >= 0.6 is 7.82 Å². The monoisotopic (exact) mass is 751 g/mol. The third kappa shape index (κ3) is 11.1. The number of ether oxygens (including phenoxy) is 1. The van der Waals surface area contributed by atoms with E-state index in [1.807, 2.05) is 0 Å². The van der Waals surface area contributed by atoms with E-state index < -0.39 is 92.7 Å². The number of nitrogens with one attached hydrogen (secondary N) is 4. The van der Waals surface area contributed by atoms with Gasteiger partial charge in [0, 0.05) is 24.6 Å². The molecule has 1 aliphatic rings. The van der Waals surface area contributed by atoms with Gasteiger partial charge >= 0.3 is 19.5 Å². The number of hydrogen-bond acceptors (Lipinski definition) is 14. The lowest BCUT2D eigenvalue weighted by atomic mass is 9.98. The number of aryl methyl sites for hydroxylation is 1. The summed E-state index contributed by atoms with van der Waals surface area (Å²) in [6.07, 6.45) is -5.90. The highest BCUT2D eigenvalue weighted by atomic mass is 31.2. The molecule has 4 rings (SSSR count). The minimum Gasteiger partial charge on any atom is -0.404 e. The van der Waals surface area contributed by atoms with Crippen LogP contribution in [0.15, 0.2) is 70.4 Å². The van der Waals surface area contributed by atoms with Gasteiger partial charge in [0.2, 0.25) is 11.8 Å². The fourth-order valence-corrected chi connectivity index (χ4v) is 5.53. The van der Waals surface area contributed by atoms with Crippen LogP contribution in [-0.2, 0) is 47.9 Å². The molecule has 2 amide bonds. The van der Waals surface area contributed by atoms with Gasteiger partial charge in [0.15, 0.2) is 6.29 Å². The number of amides is 2. The molecule has 282 valence electrons. The molecule has 20 nitrogen and oxygen atoms in total. The predicted octanol–water partition coefficient (Wildman–Crippen LogP) is -3.38. The van der Waals surface area contributed by atoms with Crippen molar-refractivity contribution < 1.29 is 63.3 Å². The number of phosphoric acid groups is 1. The second-order valence-electron chi connectivity index (χ2n) is 11.8. The van der Waals surface area contributed by atoms with Crippen molar-refractivity contribution in [2.24, 2.45) is 0 Å². The van der Waals surface area contributed by atoms with Gasteiger partial charge in [-0.15, -0.1) is 5.48 Å². The fourth-order valence-electron chi connectivity index (χ4n) is 5.14. The lowest BCUT2D eigenvalue weighted by Gasteiger charge is -2.39. The number of aliphatic hydroxyl groups is 4. The minimum atomic E-state index is -4.88. The Kier molecular flexibility index (Phi) is 13.6. The van der Waals surface area contributed by atoms with Crippen LogP contribution in [0.3, 0.4) is 0 Å². The van der Waals surface area contributed by atoms with Gasteiger partial charge in [0.25, 0.3) is 5.56 Å². The Morgan fingerprint density at radius 3 is 2.21 bits per heavy atom. The molecule has 2 aromatic carbocycles. The summed E-state index contributed by atoms with van der Waals surface area (Å²) in [4.78, 5) is 89.7. The Hall–Kier alpha value is -4.76. The minimum absolute atomic E-state index is 0.0892. The molecule has 0 aliphatic carbocycles. The molecule has 0 saturated carbocycles. The number of H-pyrrole nitrogens is 1. The highest BCUT2D eigenvalue weighted by Crippen LogP contribution is 2.37. The molecule has 52 heavy (non-hydrogen) atoms. The van der Waals surface area contributed by atoms with Crippen molar-refractivity contribution in [3.63, 3.8) is 0 Å². The molecule has 1 aromatic heterocycles. The van der Waals surface area contributed by atoms with E-state index >= 15 is 0 Å². The van der Waals surface area contributed by atoms with E-state index in [4.69, 9.17) is 19.4 Å². The number of hydrogen-bond donors (Lipinski definition) is 10. The molecule has 3 aromatic rings. The number of rotatable bonds is 15. The molecule has 1 saturated heterocycles. The van der Waals surface area contributed by atoms with Crippen LogP contribution in [0, 0.1) is 6.92 Å². The molecular formula is C31H38N5O15P. The summed E-state index contributed by atoms with van der Waals surface area (Å²) in [6, 6.07) is 9.02. The Balaban J connectivity index is 1.57. The Morgan fingerprint density at radius 2 is 1.58 bits per heavy atom. The van der Waals surface area contributed by atoms with Crippen molar-refractivity contribution >= 4 is 25.6 Å². The Bertz CT molecular complexity index is 1870. The van der Waals surface area contributed by atoms with Gasteiger partial charge in [-0.1, -0.05) is 42.5 Å². The average Bonchev–Trinajstić information content (AvgIpc) is 3.08. The number of carbonyl (C=O) groups excluding carboxylic acids is 3. The quantitative estimate of drug-likeness (QED) is 0.0535. The first-order chi connectivity index (χ1) is 24.5. The van der Waals surface area contributed by atoms with E-state index in [-0.39, 0.29) is 24.2 Å². The standard InChI is InChI=1S/C31H38N5O15P/c1-16-13-36(31(45)34-27(16)41)14-23(38)32-20(11-17-5-3-2-4-6-17)28(42)33-21(12-18-7-9-19(10-8-18)51-52(46,47)48)29(43)50-35-24-26(40)25(39)22(15-37)49-30(24)44/h2-10,13,20-22,24-26,30,35,37,39-40,44H,11-12,14-15H2,1H3,(H,32,38)(H,33,42)(H,34,41,45)(H2,46,47,48)/t20-,21?,22-,24-,25-,26-,30-/m1/s1. The van der Waals surface area contributed by atoms with Crippen molar-refractivity contribution in [1.29, 1.82) is 0 Å². The van der Waals surface area contributed by atoms with Crippen molar-refractivity contribution in [1.82, 2.24) is 25.7 Å². The first-order valence-electron chi connectivity index (χ1n) is 15.6. The number of benzene rings is 2. The van der Waals surface area contributed by atoms with Gasteiger partial charge in [-0.25, -0.2) is 14.2 Å². The van der Waals surface area contributed by atoms with Gasteiger partial charge in [0.1, 0.15) is 48.7 Å². The molecule has 1 unspecified atom stereocenters. The summed E-state index contributed by atoms with van der Waals surface area (Å²) in [5.41, 5.74) is 1.69. The van der Waals surface area contributed by atoms with Gasteiger partial charge in [-0.3, -0.25) is 33.7 Å². The van der Waals surface area contributed by atoms with Crippen molar-refractivity contribution in [2.45, 2.75) is 69.0 Å². The number of hydroxylamine groups is 1. The second kappa shape index (κ2) is 17.6. The third-order valence-electron chi connectivity index (χ3n) is 7.82. The number of phosphoric ester groups is 1. The van der Waals surface area contributed by atoms with Crippen LogP contribution in [0.2, 0.25) is 0 Å². The van der Waals surface area contributed by atoms with Crippen molar-refractivity contribution in [3.8, 4) is 5.75 Å². The summed E-state index contributed by atoms with van der Waals surface area (Å²) < 4.78 is 21.7. The predicted molar refractivity (Wildman–Crippen MR) is 176 cm³/mol. The molecule has 21 heteroatoms. The molecule has 7 atom stereocenters. The van der Waals surface area contributed by atoms with Crippen LogP contribution in [-0.4, -0.2) is 107 Å². The zero-order valence-electron chi connectivity index (χ0n) is 27.4. The average molecular weight is 752 g/mol. The summed E-state index contributed by atoms with van der Waals surface area (Å²) in [5.74, 6) is -3.09. The number of nitrogens with zero attached hydrogens (tertiary/aromatic N) is 1. The van der Waals surface area contributed by atoms with E-state index in [9.17, 15) is 49.0 Å². The molecule has 10 N–H and O–H groups in total. The van der Waals surface area contributed by atoms with Crippen LogP contribution < -0.4 is 31.9 Å². The number of aromatic nitrogens is 2.